The summed E-state index contributed by atoms with van der Waals surface area (Å²) in [6.45, 7) is 6.88. The Hall–Kier alpha value is -3.58. The van der Waals surface area contributed by atoms with Crippen molar-refractivity contribution in [3.8, 4) is 11.5 Å². The minimum Gasteiger partial charge on any atom is -0.489 e. The predicted molar refractivity (Wildman–Crippen MR) is 124 cm³/mol. The molecule has 0 aliphatic carbocycles. The molecule has 7 heteroatoms. The molecule has 3 aromatic rings. The summed E-state index contributed by atoms with van der Waals surface area (Å²) >= 11 is 0. The summed E-state index contributed by atoms with van der Waals surface area (Å²) in [5.41, 5.74) is 3.96. The smallest absolute Gasteiger partial charge is 0.259 e. The fourth-order valence-corrected chi connectivity index (χ4v) is 3.52. The first kappa shape index (κ1) is 21.6. The number of ether oxygens (including phenoxy) is 3. The number of rotatable bonds is 6. The number of carbonyl (C=O) groups is 1. The molecule has 0 saturated heterocycles. The summed E-state index contributed by atoms with van der Waals surface area (Å²) in [5.74, 6) is 1.77. The van der Waals surface area contributed by atoms with Crippen LogP contribution in [0.5, 0.6) is 11.5 Å². The number of para-hydroxylation sites is 1. The van der Waals surface area contributed by atoms with Crippen LogP contribution in [0.1, 0.15) is 28.4 Å². The molecule has 4 rings (SSSR count). The number of hydrogen-bond acceptors (Lipinski definition) is 6. The molecular formula is C25H27N3O4. The van der Waals surface area contributed by atoms with Gasteiger partial charge in [0.2, 0.25) is 0 Å². The third-order valence-electron chi connectivity index (χ3n) is 5.33. The predicted octanol–water partition coefficient (Wildman–Crippen LogP) is 4.85. The van der Waals surface area contributed by atoms with Gasteiger partial charge in [-0.25, -0.2) is 4.98 Å². The Morgan fingerprint density at radius 3 is 2.78 bits per heavy atom. The maximum Gasteiger partial charge on any atom is 0.259 e. The lowest BCUT2D eigenvalue weighted by atomic mass is 10.1. The molecule has 0 radical (unpaired) electrons. The molecule has 1 amide bonds. The first-order valence-corrected chi connectivity index (χ1v) is 10.5. The number of anilines is 3. The summed E-state index contributed by atoms with van der Waals surface area (Å²) in [4.78, 5) is 19.8. The van der Waals surface area contributed by atoms with Gasteiger partial charge in [0.05, 0.1) is 17.8 Å². The van der Waals surface area contributed by atoms with Gasteiger partial charge in [-0.05, 0) is 56.2 Å². The fourth-order valence-electron chi connectivity index (χ4n) is 3.52. The van der Waals surface area contributed by atoms with E-state index in [-0.39, 0.29) is 5.91 Å². The monoisotopic (exact) mass is 433 g/mol. The van der Waals surface area contributed by atoms with E-state index < -0.39 is 6.29 Å². The van der Waals surface area contributed by atoms with Crippen molar-refractivity contribution in [3.05, 3.63) is 71.4 Å². The van der Waals surface area contributed by atoms with Crippen molar-refractivity contribution < 1.29 is 19.0 Å². The quantitative estimate of drug-likeness (QED) is 0.560. The molecule has 1 atom stereocenters. The Kier molecular flexibility index (Phi) is 6.28. The van der Waals surface area contributed by atoms with Crippen LogP contribution in [0.2, 0.25) is 0 Å². The Labute approximate surface area is 187 Å². The number of nitrogens with zero attached hydrogens (tertiary/aromatic N) is 2. The summed E-state index contributed by atoms with van der Waals surface area (Å²) in [6.07, 6.45) is 1.44. The van der Waals surface area contributed by atoms with Gasteiger partial charge in [0.1, 0.15) is 18.2 Å². The van der Waals surface area contributed by atoms with Crippen molar-refractivity contribution in [1.82, 2.24) is 4.98 Å². The Morgan fingerprint density at radius 2 is 2.03 bits per heavy atom. The summed E-state index contributed by atoms with van der Waals surface area (Å²) < 4.78 is 16.9. The van der Waals surface area contributed by atoms with Crippen LogP contribution in [-0.2, 0) is 4.74 Å². The average Bonchev–Trinajstić information content (AvgIpc) is 2.81. The minimum absolute atomic E-state index is 0.254. The van der Waals surface area contributed by atoms with Gasteiger partial charge in [-0.2, -0.15) is 0 Å². The first-order chi connectivity index (χ1) is 15.5. The highest BCUT2D eigenvalue weighted by Gasteiger charge is 2.25. The van der Waals surface area contributed by atoms with Crippen molar-refractivity contribution >= 4 is 23.1 Å². The normalized spacial score (nSPS) is 13.7. The van der Waals surface area contributed by atoms with Crippen LogP contribution in [0.3, 0.4) is 0 Å². The third-order valence-corrected chi connectivity index (χ3v) is 5.33. The number of pyridine rings is 1. The van der Waals surface area contributed by atoms with E-state index in [4.69, 9.17) is 14.2 Å². The van der Waals surface area contributed by atoms with Crippen LogP contribution < -0.4 is 19.7 Å². The zero-order chi connectivity index (χ0) is 22.7. The Bertz CT molecular complexity index is 1110. The highest BCUT2D eigenvalue weighted by atomic mass is 16.7. The topological polar surface area (TPSA) is 72.9 Å². The number of benzene rings is 2. The van der Waals surface area contributed by atoms with Gasteiger partial charge in [0.15, 0.2) is 12.0 Å². The van der Waals surface area contributed by atoms with Crippen molar-refractivity contribution in [2.45, 2.75) is 27.1 Å². The van der Waals surface area contributed by atoms with Crippen LogP contribution >= 0.6 is 0 Å². The Morgan fingerprint density at radius 1 is 1.19 bits per heavy atom. The minimum atomic E-state index is -0.393. The van der Waals surface area contributed by atoms with E-state index in [0.29, 0.717) is 35.9 Å². The van der Waals surface area contributed by atoms with Gasteiger partial charge in [0, 0.05) is 25.1 Å². The van der Waals surface area contributed by atoms with Crippen molar-refractivity contribution in [2.24, 2.45) is 0 Å². The molecule has 2 aromatic carbocycles. The molecule has 0 fully saturated rings. The maximum atomic E-state index is 13.2. The number of hydrogen-bond donors (Lipinski definition) is 1. The second-order valence-electron chi connectivity index (χ2n) is 7.70. The SMILES string of the molecule is COC(C)Oc1cc(NC(=O)c2cccc3c2OCCN3c2ccc(C)cn2)ccc1C. The molecule has 1 aliphatic rings. The largest absolute Gasteiger partial charge is 0.489 e. The van der Waals surface area contributed by atoms with Gasteiger partial charge >= 0.3 is 0 Å². The molecule has 1 aromatic heterocycles. The van der Waals surface area contributed by atoms with E-state index in [1.165, 1.54) is 0 Å². The molecule has 7 nitrogen and oxygen atoms in total. The molecule has 1 aliphatic heterocycles. The molecule has 1 unspecified atom stereocenters. The lowest BCUT2D eigenvalue weighted by molar-refractivity contribution is -0.0386. The second kappa shape index (κ2) is 9.28. The fraction of sp³-hybridized carbons (Fsp3) is 0.280. The number of fused-ring (bicyclic) bond motifs is 1. The first-order valence-electron chi connectivity index (χ1n) is 10.5. The Balaban J connectivity index is 1.60. The molecule has 0 bridgehead atoms. The third kappa shape index (κ3) is 4.53. The molecule has 166 valence electrons. The number of methoxy groups -OCH3 is 1. The van der Waals surface area contributed by atoms with Crippen LogP contribution in [-0.4, -0.2) is 37.4 Å². The van der Waals surface area contributed by atoms with Gasteiger partial charge in [-0.15, -0.1) is 0 Å². The standard InChI is InChI=1S/C25H27N3O4/c1-16-8-11-23(26-15-16)28-12-13-31-24-20(6-5-7-21(24)28)25(29)27-19-10-9-17(2)22(14-19)32-18(3)30-4/h5-11,14-15,18H,12-13H2,1-4H3,(H,27,29). The van der Waals surface area contributed by atoms with E-state index in [1.54, 1.807) is 19.2 Å². The summed E-state index contributed by atoms with van der Waals surface area (Å²) in [5, 5.41) is 2.96. The number of aromatic nitrogens is 1. The van der Waals surface area contributed by atoms with Crippen molar-refractivity contribution in [2.75, 3.05) is 30.5 Å². The number of amides is 1. The molecule has 0 spiro atoms. The van der Waals surface area contributed by atoms with E-state index in [2.05, 4.69) is 15.2 Å². The lowest BCUT2D eigenvalue weighted by Crippen LogP contribution is -2.30. The highest BCUT2D eigenvalue weighted by molar-refractivity contribution is 6.07. The van der Waals surface area contributed by atoms with E-state index >= 15 is 0 Å². The summed E-state index contributed by atoms with van der Waals surface area (Å²) in [6, 6.07) is 15.1. The number of aryl methyl sites for hydroxylation is 2. The molecule has 2 heterocycles. The van der Waals surface area contributed by atoms with Crippen molar-refractivity contribution in [1.29, 1.82) is 0 Å². The van der Waals surface area contributed by atoms with Crippen molar-refractivity contribution in [3.63, 3.8) is 0 Å². The second-order valence-corrected chi connectivity index (χ2v) is 7.70. The highest BCUT2D eigenvalue weighted by Crippen LogP contribution is 2.38. The van der Waals surface area contributed by atoms with Crippen LogP contribution in [0.25, 0.3) is 0 Å². The van der Waals surface area contributed by atoms with Gasteiger partial charge in [-0.1, -0.05) is 18.2 Å². The van der Waals surface area contributed by atoms with Crippen LogP contribution in [0, 0.1) is 13.8 Å². The zero-order valence-electron chi connectivity index (χ0n) is 18.7. The van der Waals surface area contributed by atoms with E-state index in [9.17, 15) is 4.79 Å². The van der Waals surface area contributed by atoms with Gasteiger partial charge < -0.3 is 24.4 Å². The van der Waals surface area contributed by atoms with Crippen LogP contribution in [0.15, 0.2) is 54.7 Å². The zero-order valence-corrected chi connectivity index (χ0v) is 18.7. The molecule has 32 heavy (non-hydrogen) atoms. The molecule has 0 saturated carbocycles. The van der Waals surface area contributed by atoms with Crippen LogP contribution in [0.4, 0.5) is 17.2 Å². The van der Waals surface area contributed by atoms with Gasteiger partial charge in [-0.3, -0.25) is 4.79 Å². The van der Waals surface area contributed by atoms with E-state index in [1.807, 2.05) is 63.4 Å². The van der Waals surface area contributed by atoms with E-state index in [0.717, 1.165) is 22.6 Å². The maximum absolute atomic E-state index is 13.2. The summed E-state index contributed by atoms with van der Waals surface area (Å²) in [7, 11) is 1.58. The molecule has 1 N–H and O–H groups in total. The van der Waals surface area contributed by atoms with Gasteiger partial charge in [0.25, 0.3) is 5.91 Å². The lowest BCUT2D eigenvalue weighted by Gasteiger charge is -2.31. The number of carbonyl (C=O) groups excluding carboxylic acids is 1. The number of nitrogens with one attached hydrogen (secondary N) is 1. The average molecular weight is 434 g/mol. The molecular weight excluding hydrogens is 406 g/mol.